The minimum Gasteiger partial charge on any atom is -0.0758 e. The number of hydrogen-bond donors (Lipinski definition) is 0. The third-order valence-corrected chi connectivity index (χ3v) is 13.3. The summed E-state index contributed by atoms with van der Waals surface area (Å²) in [6, 6.07) is 34.4. The summed E-state index contributed by atoms with van der Waals surface area (Å²) in [4.78, 5) is 0. The molecular weight excluding hydrogens is 601 g/mol. The van der Waals surface area contributed by atoms with Gasteiger partial charge in [0.25, 0.3) is 0 Å². The van der Waals surface area contributed by atoms with Crippen molar-refractivity contribution < 1.29 is 0 Å². The van der Waals surface area contributed by atoms with E-state index in [1.54, 1.807) is 5.56 Å². The second-order valence-electron chi connectivity index (χ2n) is 19.6. The Labute approximate surface area is 304 Å². The Kier molecular flexibility index (Phi) is 9.10. The first-order valence-corrected chi connectivity index (χ1v) is 19.7. The fraction of sp³-hybridized carbons (Fsp3) is 0.480. The van der Waals surface area contributed by atoms with Gasteiger partial charge in [0.05, 0.1) is 0 Å². The van der Waals surface area contributed by atoms with E-state index < -0.39 is 0 Å². The number of hydrogen-bond acceptors (Lipinski definition) is 0. The molecule has 2 fully saturated rings. The SMILES string of the molecule is CC1CC(C(C)(C)C)CC1C(c1ccccc1)C1C2C=C(c3ccccc3)C(C(C)(C)C)=CC2C2C=C(C(C)(C)C)C(c3ccccc3)=CC21. The maximum Gasteiger partial charge on any atom is -0.00909 e. The zero-order valence-electron chi connectivity index (χ0n) is 32.6. The molecule has 0 aromatic heterocycles. The van der Waals surface area contributed by atoms with Crippen LogP contribution in [0.4, 0.5) is 0 Å². The molecule has 8 unspecified atom stereocenters. The van der Waals surface area contributed by atoms with Crippen molar-refractivity contribution in [1.82, 2.24) is 0 Å². The number of fused-ring (bicyclic) bond motifs is 3. The highest BCUT2D eigenvalue weighted by atomic mass is 14.6. The van der Waals surface area contributed by atoms with Crippen molar-refractivity contribution in [2.75, 3.05) is 0 Å². The third-order valence-electron chi connectivity index (χ3n) is 13.3. The Balaban J connectivity index is 1.48. The van der Waals surface area contributed by atoms with Gasteiger partial charge in [-0.2, -0.15) is 0 Å². The predicted molar refractivity (Wildman–Crippen MR) is 215 cm³/mol. The van der Waals surface area contributed by atoms with E-state index >= 15 is 0 Å². The monoisotopic (exact) mass is 662 g/mol. The van der Waals surface area contributed by atoms with E-state index in [4.69, 9.17) is 0 Å². The Bertz CT molecular complexity index is 1680. The van der Waals surface area contributed by atoms with Gasteiger partial charge in [0.15, 0.2) is 0 Å². The maximum absolute atomic E-state index is 2.79. The van der Waals surface area contributed by atoms with Crippen LogP contribution >= 0.6 is 0 Å². The molecule has 262 valence electrons. The molecule has 8 atom stereocenters. The van der Waals surface area contributed by atoms with E-state index in [1.807, 2.05) is 0 Å². The number of rotatable bonds is 5. The van der Waals surface area contributed by atoms with Gasteiger partial charge in [0.1, 0.15) is 0 Å². The molecule has 0 bridgehead atoms. The topological polar surface area (TPSA) is 0 Å². The maximum atomic E-state index is 2.79. The van der Waals surface area contributed by atoms with Crippen molar-refractivity contribution in [2.24, 2.45) is 63.6 Å². The summed E-state index contributed by atoms with van der Waals surface area (Å²) in [5.41, 5.74) is 10.7. The van der Waals surface area contributed by atoms with E-state index in [0.29, 0.717) is 52.8 Å². The second-order valence-corrected chi connectivity index (χ2v) is 19.6. The van der Waals surface area contributed by atoms with Gasteiger partial charge in [-0.3, -0.25) is 0 Å². The first-order chi connectivity index (χ1) is 23.6. The van der Waals surface area contributed by atoms with Crippen LogP contribution in [0.5, 0.6) is 0 Å². The molecule has 0 amide bonds. The molecule has 3 aromatic rings. The lowest BCUT2D eigenvalue weighted by Gasteiger charge is -2.41. The van der Waals surface area contributed by atoms with E-state index in [9.17, 15) is 0 Å². The standard InChI is InChI=1S/C50H62/c1-32-26-36(48(2,3)4)27-37(32)46(35-24-18-13-19-25-35)47-42-28-38(33-20-14-11-15-21-33)44(49(5,6)7)30-40(42)41-31-45(50(8,9)10)39(29-43(41)47)34-22-16-12-17-23-34/h11-25,28-32,36-37,40-43,46-47H,26-27H2,1-10H3. The molecule has 0 nitrogen and oxygen atoms in total. The highest BCUT2D eigenvalue weighted by molar-refractivity contribution is 5.84. The van der Waals surface area contributed by atoms with Crippen LogP contribution in [0, 0.1) is 63.6 Å². The van der Waals surface area contributed by atoms with Gasteiger partial charge >= 0.3 is 0 Å². The van der Waals surface area contributed by atoms with E-state index in [-0.39, 0.29) is 10.8 Å². The molecule has 4 aliphatic rings. The zero-order valence-corrected chi connectivity index (χ0v) is 32.6. The van der Waals surface area contributed by atoms with Crippen molar-refractivity contribution >= 4 is 11.1 Å². The van der Waals surface area contributed by atoms with Crippen LogP contribution in [0.2, 0.25) is 0 Å². The molecule has 3 aromatic carbocycles. The fourth-order valence-corrected chi connectivity index (χ4v) is 10.7. The van der Waals surface area contributed by atoms with Crippen LogP contribution in [0.25, 0.3) is 11.1 Å². The van der Waals surface area contributed by atoms with Crippen LogP contribution in [-0.4, -0.2) is 0 Å². The highest BCUT2D eigenvalue weighted by Crippen LogP contribution is 2.64. The molecule has 50 heavy (non-hydrogen) atoms. The van der Waals surface area contributed by atoms with Crippen LogP contribution in [0.1, 0.15) is 105 Å². The largest absolute Gasteiger partial charge is 0.0758 e. The summed E-state index contributed by atoms with van der Waals surface area (Å²) in [6.45, 7) is 24.6. The third kappa shape index (κ3) is 6.46. The molecule has 0 radical (unpaired) electrons. The summed E-state index contributed by atoms with van der Waals surface area (Å²) in [5, 5.41) is 0. The predicted octanol–water partition coefficient (Wildman–Crippen LogP) is 13.7. The molecule has 0 aliphatic heterocycles. The molecular formula is C50H62. The van der Waals surface area contributed by atoms with Crippen molar-refractivity contribution in [2.45, 2.75) is 88.0 Å². The van der Waals surface area contributed by atoms with Gasteiger partial charge in [0, 0.05) is 0 Å². The fourth-order valence-electron chi connectivity index (χ4n) is 10.7. The van der Waals surface area contributed by atoms with Crippen molar-refractivity contribution in [3.05, 3.63) is 143 Å². The lowest BCUT2D eigenvalue weighted by molar-refractivity contribution is 0.196. The first-order valence-electron chi connectivity index (χ1n) is 19.7. The second kappa shape index (κ2) is 13.0. The summed E-state index contributed by atoms with van der Waals surface area (Å²) in [6.07, 6.45) is 13.8. The molecule has 0 spiro atoms. The van der Waals surface area contributed by atoms with Gasteiger partial charge in [0.2, 0.25) is 0 Å². The lowest BCUT2D eigenvalue weighted by atomic mass is 9.63. The number of allylic oxidation sites excluding steroid dienone is 8. The Morgan fingerprint density at radius 3 is 1.30 bits per heavy atom. The van der Waals surface area contributed by atoms with Gasteiger partial charge < -0.3 is 0 Å². The van der Waals surface area contributed by atoms with Crippen LogP contribution < -0.4 is 0 Å². The minimum absolute atomic E-state index is 0.0508. The Morgan fingerprint density at radius 1 is 0.500 bits per heavy atom. The molecule has 7 rings (SSSR count). The van der Waals surface area contributed by atoms with Crippen LogP contribution in [0.3, 0.4) is 0 Å². The van der Waals surface area contributed by atoms with Gasteiger partial charge in [-0.25, -0.2) is 0 Å². The van der Waals surface area contributed by atoms with Gasteiger partial charge in [-0.15, -0.1) is 0 Å². The molecule has 0 heterocycles. The summed E-state index contributed by atoms with van der Waals surface area (Å²) in [5.74, 6) is 4.98. The Hall–Kier alpha value is -3.38. The molecule has 0 saturated heterocycles. The number of benzene rings is 3. The van der Waals surface area contributed by atoms with E-state index in [1.165, 1.54) is 46.3 Å². The van der Waals surface area contributed by atoms with Crippen molar-refractivity contribution in [3.63, 3.8) is 0 Å². The summed E-state index contributed by atoms with van der Waals surface area (Å²) >= 11 is 0. The minimum atomic E-state index is 0.0508. The molecule has 0 N–H and O–H groups in total. The summed E-state index contributed by atoms with van der Waals surface area (Å²) < 4.78 is 0. The Morgan fingerprint density at radius 2 is 0.920 bits per heavy atom. The average molecular weight is 663 g/mol. The van der Waals surface area contributed by atoms with E-state index in [0.717, 1.165) is 5.92 Å². The quantitative estimate of drug-likeness (QED) is 0.255. The molecule has 4 aliphatic carbocycles. The zero-order chi connectivity index (χ0) is 35.6. The molecule has 0 heteroatoms. The molecule has 2 saturated carbocycles. The normalized spacial score (nSPS) is 30.4. The van der Waals surface area contributed by atoms with Gasteiger partial charge in [-0.05, 0) is 121 Å². The van der Waals surface area contributed by atoms with Gasteiger partial charge in [-0.1, -0.05) is 185 Å². The van der Waals surface area contributed by atoms with Crippen molar-refractivity contribution in [1.29, 1.82) is 0 Å². The smallest absolute Gasteiger partial charge is 0.00909 e. The van der Waals surface area contributed by atoms with Crippen LogP contribution in [-0.2, 0) is 0 Å². The lowest BCUT2D eigenvalue weighted by Crippen LogP contribution is -2.32. The average Bonchev–Trinajstić information content (AvgIpc) is 3.62. The van der Waals surface area contributed by atoms with Crippen LogP contribution in [0.15, 0.2) is 126 Å². The summed E-state index contributed by atoms with van der Waals surface area (Å²) in [7, 11) is 0. The highest BCUT2D eigenvalue weighted by Gasteiger charge is 2.56. The first kappa shape index (κ1) is 35.0. The van der Waals surface area contributed by atoms with Crippen molar-refractivity contribution in [3.8, 4) is 0 Å². The van der Waals surface area contributed by atoms with E-state index in [2.05, 4.69) is 185 Å².